The van der Waals surface area contributed by atoms with E-state index in [0.29, 0.717) is 17.1 Å². The van der Waals surface area contributed by atoms with Crippen molar-refractivity contribution in [1.29, 1.82) is 0 Å². The predicted octanol–water partition coefficient (Wildman–Crippen LogP) is 4.48. The van der Waals surface area contributed by atoms with E-state index in [1.54, 1.807) is 18.2 Å². The molecule has 0 saturated heterocycles. The highest BCUT2D eigenvalue weighted by atomic mass is 35.5. The van der Waals surface area contributed by atoms with Gasteiger partial charge in [0.2, 0.25) is 0 Å². The van der Waals surface area contributed by atoms with Gasteiger partial charge in [-0.1, -0.05) is 23.7 Å². The van der Waals surface area contributed by atoms with E-state index in [1.165, 1.54) is 23.9 Å². The third kappa shape index (κ3) is 5.27. The van der Waals surface area contributed by atoms with Gasteiger partial charge in [0.05, 0.1) is 23.3 Å². The molecule has 0 saturated carbocycles. The van der Waals surface area contributed by atoms with E-state index in [1.807, 2.05) is 32.0 Å². The molecule has 30 heavy (non-hydrogen) atoms. The molecule has 7 nitrogen and oxygen atoms in total. The number of hydrogen-bond donors (Lipinski definition) is 3. The maximum absolute atomic E-state index is 11.9. The van der Waals surface area contributed by atoms with Gasteiger partial charge in [-0.2, -0.15) is 5.10 Å². The standard InChI is InChI=1S/C22H20ClN3O4/c1-13-3-5-16(9-14(13)2)24-12-21(27)26-25-11-17-6-8-20(30-17)15-4-7-18(22(28)29)19(23)10-15/h3-11,24H,12H2,1-2H3,(H,26,27)(H,28,29)/b25-11+. The molecule has 0 atom stereocenters. The Balaban J connectivity index is 1.55. The fourth-order valence-electron chi connectivity index (χ4n) is 2.66. The van der Waals surface area contributed by atoms with Crippen molar-refractivity contribution in [1.82, 2.24) is 5.43 Å². The van der Waals surface area contributed by atoms with Crippen LogP contribution in [0.2, 0.25) is 5.02 Å². The van der Waals surface area contributed by atoms with Crippen molar-refractivity contribution in [2.24, 2.45) is 5.10 Å². The molecule has 3 aromatic rings. The van der Waals surface area contributed by atoms with Gasteiger partial charge in [-0.05, 0) is 61.4 Å². The quantitative estimate of drug-likeness (QED) is 0.382. The number of aryl methyl sites for hydroxylation is 2. The second-order valence-electron chi connectivity index (χ2n) is 6.65. The zero-order valence-corrected chi connectivity index (χ0v) is 17.2. The van der Waals surface area contributed by atoms with E-state index in [2.05, 4.69) is 15.8 Å². The number of carbonyl (C=O) groups excluding carboxylic acids is 1. The average Bonchev–Trinajstić information content (AvgIpc) is 3.17. The zero-order chi connectivity index (χ0) is 21.7. The van der Waals surface area contributed by atoms with E-state index >= 15 is 0 Å². The molecule has 154 valence electrons. The van der Waals surface area contributed by atoms with Gasteiger partial charge in [0.1, 0.15) is 11.5 Å². The van der Waals surface area contributed by atoms with E-state index in [0.717, 1.165) is 11.3 Å². The molecular formula is C22H20ClN3O4. The van der Waals surface area contributed by atoms with Crippen molar-refractivity contribution >= 4 is 35.4 Å². The smallest absolute Gasteiger partial charge is 0.337 e. The van der Waals surface area contributed by atoms with Crippen molar-refractivity contribution in [2.45, 2.75) is 13.8 Å². The normalized spacial score (nSPS) is 10.9. The monoisotopic (exact) mass is 425 g/mol. The number of halogens is 1. The number of carboxylic acid groups (broad SMARTS) is 1. The molecule has 0 spiro atoms. The molecule has 3 N–H and O–H groups in total. The van der Waals surface area contributed by atoms with Gasteiger partial charge >= 0.3 is 5.97 Å². The van der Waals surface area contributed by atoms with Crippen LogP contribution in [0.25, 0.3) is 11.3 Å². The predicted molar refractivity (Wildman–Crippen MR) is 116 cm³/mol. The van der Waals surface area contributed by atoms with Gasteiger partial charge in [-0.3, -0.25) is 4.79 Å². The summed E-state index contributed by atoms with van der Waals surface area (Å²) in [7, 11) is 0. The van der Waals surface area contributed by atoms with Gasteiger partial charge in [-0.15, -0.1) is 0 Å². The Morgan fingerprint density at radius 1 is 1.10 bits per heavy atom. The summed E-state index contributed by atoms with van der Waals surface area (Å²) in [6, 6.07) is 13.8. The maximum Gasteiger partial charge on any atom is 0.337 e. The molecule has 0 fully saturated rings. The molecular weight excluding hydrogens is 406 g/mol. The third-order valence-corrected chi connectivity index (χ3v) is 4.76. The Morgan fingerprint density at radius 2 is 1.90 bits per heavy atom. The number of nitrogens with one attached hydrogen (secondary N) is 2. The Hall–Kier alpha value is -3.58. The number of carboxylic acids is 1. The summed E-state index contributed by atoms with van der Waals surface area (Å²) in [5.41, 5.74) is 6.27. The van der Waals surface area contributed by atoms with Gasteiger partial charge in [-0.25, -0.2) is 10.2 Å². The number of aromatic carboxylic acids is 1. The van der Waals surface area contributed by atoms with E-state index in [9.17, 15) is 9.59 Å². The SMILES string of the molecule is Cc1ccc(NCC(=O)N/N=C/c2ccc(-c3ccc(C(=O)O)c(Cl)c3)o2)cc1C. The Kier molecular flexibility index (Phi) is 6.54. The summed E-state index contributed by atoms with van der Waals surface area (Å²) < 4.78 is 5.64. The molecule has 0 radical (unpaired) electrons. The first kappa shape index (κ1) is 21.1. The van der Waals surface area contributed by atoms with Gasteiger partial charge in [0.25, 0.3) is 5.91 Å². The van der Waals surface area contributed by atoms with Crippen LogP contribution in [0.4, 0.5) is 5.69 Å². The Morgan fingerprint density at radius 3 is 2.60 bits per heavy atom. The van der Waals surface area contributed by atoms with Crippen LogP contribution in [-0.4, -0.2) is 29.7 Å². The van der Waals surface area contributed by atoms with E-state index < -0.39 is 5.97 Å². The summed E-state index contributed by atoms with van der Waals surface area (Å²) in [4.78, 5) is 23.0. The molecule has 0 aliphatic carbocycles. The van der Waals surface area contributed by atoms with Gasteiger partial charge in [0.15, 0.2) is 0 Å². The molecule has 0 bridgehead atoms. The van der Waals surface area contributed by atoms with Crippen molar-refractivity contribution in [3.8, 4) is 11.3 Å². The highest BCUT2D eigenvalue weighted by Gasteiger charge is 2.11. The number of hydrogen-bond acceptors (Lipinski definition) is 5. The van der Waals surface area contributed by atoms with E-state index in [4.69, 9.17) is 21.1 Å². The second kappa shape index (κ2) is 9.28. The molecule has 3 rings (SSSR count). The third-order valence-electron chi connectivity index (χ3n) is 4.45. The van der Waals surface area contributed by atoms with Gasteiger partial charge < -0.3 is 14.8 Å². The number of rotatable bonds is 7. The zero-order valence-electron chi connectivity index (χ0n) is 16.4. The van der Waals surface area contributed by atoms with Crippen LogP contribution in [-0.2, 0) is 4.79 Å². The highest BCUT2D eigenvalue weighted by Crippen LogP contribution is 2.27. The van der Waals surface area contributed by atoms with Crippen molar-refractivity contribution in [3.05, 3.63) is 76.0 Å². The molecule has 1 heterocycles. The summed E-state index contributed by atoms with van der Waals surface area (Å²) >= 11 is 5.99. The maximum atomic E-state index is 11.9. The molecule has 0 aliphatic heterocycles. The summed E-state index contributed by atoms with van der Waals surface area (Å²) in [5.74, 6) is -0.474. The molecule has 8 heteroatoms. The minimum absolute atomic E-state index is 0.0193. The minimum Gasteiger partial charge on any atom is -0.478 e. The van der Waals surface area contributed by atoms with Crippen LogP contribution in [0.3, 0.4) is 0 Å². The number of benzene rings is 2. The Bertz CT molecular complexity index is 1120. The van der Waals surface area contributed by atoms with Crippen LogP contribution < -0.4 is 10.7 Å². The molecule has 1 amide bonds. The fourth-order valence-corrected chi connectivity index (χ4v) is 2.92. The number of furan rings is 1. The number of amides is 1. The van der Waals surface area contributed by atoms with Crippen molar-refractivity contribution in [3.63, 3.8) is 0 Å². The number of carbonyl (C=O) groups is 2. The Labute approximate surface area is 178 Å². The summed E-state index contributed by atoms with van der Waals surface area (Å²) in [6.45, 7) is 4.12. The lowest BCUT2D eigenvalue weighted by molar-refractivity contribution is -0.119. The number of nitrogens with zero attached hydrogens (tertiary/aromatic N) is 1. The van der Waals surface area contributed by atoms with Crippen LogP contribution in [0, 0.1) is 13.8 Å². The molecule has 2 aromatic carbocycles. The topological polar surface area (TPSA) is 104 Å². The largest absolute Gasteiger partial charge is 0.478 e. The first-order chi connectivity index (χ1) is 14.3. The lowest BCUT2D eigenvalue weighted by Gasteiger charge is -2.07. The number of hydrazone groups is 1. The highest BCUT2D eigenvalue weighted by molar-refractivity contribution is 6.33. The molecule has 1 aromatic heterocycles. The van der Waals surface area contributed by atoms with Crippen LogP contribution in [0.15, 0.2) is 58.0 Å². The number of anilines is 1. The van der Waals surface area contributed by atoms with Crippen LogP contribution in [0.1, 0.15) is 27.2 Å². The van der Waals surface area contributed by atoms with Crippen molar-refractivity contribution in [2.75, 3.05) is 11.9 Å². The molecule has 0 unspecified atom stereocenters. The average molecular weight is 426 g/mol. The first-order valence-corrected chi connectivity index (χ1v) is 9.47. The second-order valence-corrected chi connectivity index (χ2v) is 7.05. The fraction of sp³-hybridized carbons (Fsp3) is 0.136. The minimum atomic E-state index is -1.10. The summed E-state index contributed by atoms with van der Waals surface area (Å²) in [5, 5.41) is 16.1. The molecule has 0 aliphatic rings. The van der Waals surface area contributed by atoms with Crippen LogP contribution in [0.5, 0.6) is 0 Å². The van der Waals surface area contributed by atoms with E-state index in [-0.39, 0.29) is 23.0 Å². The van der Waals surface area contributed by atoms with Gasteiger partial charge in [0, 0.05) is 11.3 Å². The lowest BCUT2D eigenvalue weighted by atomic mass is 10.1. The van der Waals surface area contributed by atoms with Crippen molar-refractivity contribution < 1.29 is 19.1 Å². The lowest BCUT2D eigenvalue weighted by Crippen LogP contribution is -2.25. The summed E-state index contributed by atoms with van der Waals surface area (Å²) in [6.07, 6.45) is 1.38. The van der Waals surface area contributed by atoms with Crippen LogP contribution >= 0.6 is 11.6 Å². The first-order valence-electron chi connectivity index (χ1n) is 9.09.